The van der Waals surface area contributed by atoms with Crippen molar-refractivity contribution in [2.24, 2.45) is 0 Å². The van der Waals surface area contributed by atoms with Crippen LogP contribution in [0.25, 0.3) is 0 Å². The molecule has 0 atom stereocenters. The Morgan fingerprint density at radius 3 is 2.50 bits per heavy atom. The van der Waals surface area contributed by atoms with Crippen molar-refractivity contribution in [2.45, 2.75) is 6.92 Å². The Bertz CT molecular complexity index is 667. The predicted molar refractivity (Wildman–Crippen MR) is 90.6 cm³/mol. The predicted octanol–water partition coefficient (Wildman–Crippen LogP) is 1.96. The molecule has 0 spiro atoms. The molecular weight excluding hydrogens is 308 g/mol. The quantitative estimate of drug-likeness (QED) is 0.904. The van der Waals surface area contributed by atoms with Crippen LogP contribution >= 0.6 is 0 Å². The molecule has 0 radical (unpaired) electrons. The maximum Gasteiger partial charge on any atom is 0.255 e. The van der Waals surface area contributed by atoms with E-state index in [1.54, 1.807) is 36.7 Å². The zero-order valence-corrected chi connectivity index (χ0v) is 13.6. The second-order valence-corrected chi connectivity index (χ2v) is 5.28. The highest BCUT2D eigenvalue weighted by Gasteiger charge is 2.14. The van der Waals surface area contributed by atoms with E-state index in [1.165, 1.54) is 0 Å². The highest BCUT2D eigenvalue weighted by atomic mass is 16.5. The number of hydrogen-bond donors (Lipinski definition) is 1. The van der Waals surface area contributed by atoms with Crippen LogP contribution in [0.5, 0.6) is 5.75 Å². The summed E-state index contributed by atoms with van der Waals surface area (Å²) in [6, 6.07) is 7.00. The van der Waals surface area contributed by atoms with Gasteiger partial charge in [-0.3, -0.25) is 4.79 Å². The Morgan fingerprint density at radius 1 is 1.21 bits per heavy atom. The smallest absolute Gasteiger partial charge is 0.255 e. The van der Waals surface area contributed by atoms with Crippen molar-refractivity contribution in [1.29, 1.82) is 0 Å². The summed E-state index contributed by atoms with van der Waals surface area (Å²) in [5, 5.41) is 2.79. The third-order valence-corrected chi connectivity index (χ3v) is 3.62. The number of aromatic nitrogens is 2. The highest BCUT2D eigenvalue weighted by molar-refractivity contribution is 6.04. The summed E-state index contributed by atoms with van der Waals surface area (Å²) in [6.45, 7) is 5.43. The number of carbonyl (C=O) groups is 1. The van der Waals surface area contributed by atoms with Gasteiger partial charge in [-0.25, -0.2) is 9.97 Å². The molecule has 126 valence electrons. The average molecular weight is 328 g/mol. The van der Waals surface area contributed by atoms with Crippen LogP contribution in [-0.2, 0) is 4.74 Å². The molecule has 1 aliphatic heterocycles. The van der Waals surface area contributed by atoms with E-state index in [2.05, 4.69) is 20.2 Å². The van der Waals surface area contributed by atoms with Crippen LogP contribution in [0.4, 0.5) is 11.6 Å². The summed E-state index contributed by atoms with van der Waals surface area (Å²) in [5.41, 5.74) is 1.11. The molecule has 1 fully saturated rings. The minimum absolute atomic E-state index is 0.208. The first kappa shape index (κ1) is 16.2. The van der Waals surface area contributed by atoms with Crippen LogP contribution in [0.2, 0.25) is 0 Å². The first-order chi connectivity index (χ1) is 11.8. The number of ether oxygens (including phenoxy) is 2. The number of carbonyl (C=O) groups excluding carboxylic acids is 1. The zero-order chi connectivity index (χ0) is 16.8. The molecule has 0 unspecified atom stereocenters. The number of anilines is 2. The number of morpholine rings is 1. The molecule has 1 N–H and O–H groups in total. The third kappa shape index (κ3) is 3.99. The Kier molecular flexibility index (Phi) is 5.22. The number of amides is 1. The second kappa shape index (κ2) is 7.74. The van der Waals surface area contributed by atoms with Crippen molar-refractivity contribution in [3.05, 3.63) is 42.2 Å². The van der Waals surface area contributed by atoms with Gasteiger partial charge < -0.3 is 19.7 Å². The molecule has 1 amide bonds. The lowest BCUT2D eigenvalue weighted by Crippen LogP contribution is -2.37. The summed E-state index contributed by atoms with van der Waals surface area (Å²) in [7, 11) is 0. The van der Waals surface area contributed by atoms with E-state index in [1.807, 2.05) is 6.92 Å². The lowest BCUT2D eigenvalue weighted by Gasteiger charge is -2.26. The van der Waals surface area contributed by atoms with Gasteiger partial charge in [0.1, 0.15) is 5.75 Å². The normalized spacial score (nSPS) is 14.3. The van der Waals surface area contributed by atoms with Crippen molar-refractivity contribution in [3.8, 4) is 5.75 Å². The van der Waals surface area contributed by atoms with Gasteiger partial charge in [-0.2, -0.15) is 0 Å². The lowest BCUT2D eigenvalue weighted by atomic mass is 10.2. The van der Waals surface area contributed by atoms with Crippen LogP contribution in [-0.4, -0.2) is 48.8 Å². The minimum Gasteiger partial charge on any atom is -0.494 e. The number of rotatable bonds is 5. The van der Waals surface area contributed by atoms with E-state index in [9.17, 15) is 4.79 Å². The van der Waals surface area contributed by atoms with Crippen molar-refractivity contribution in [3.63, 3.8) is 0 Å². The largest absolute Gasteiger partial charge is 0.494 e. The Balaban J connectivity index is 1.61. The van der Waals surface area contributed by atoms with Crippen molar-refractivity contribution in [2.75, 3.05) is 43.1 Å². The summed E-state index contributed by atoms with van der Waals surface area (Å²) >= 11 is 0. The van der Waals surface area contributed by atoms with E-state index in [-0.39, 0.29) is 5.91 Å². The fourth-order valence-electron chi connectivity index (χ4n) is 2.38. The molecule has 1 saturated heterocycles. The summed E-state index contributed by atoms with van der Waals surface area (Å²) in [6.07, 6.45) is 3.23. The molecule has 1 aromatic heterocycles. The van der Waals surface area contributed by atoms with Gasteiger partial charge >= 0.3 is 0 Å². The van der Waals surface area contributed by atoms with Crippen LogP contribution in [0.1, 0.15) is 17.3 Å². The molecule has 2 heterocycles. The monoisotopic (exact) mass is 328 g/mol. The molecule has 1 aromatic carbocycles. The summed E-state index contributed by atoms with van der Waals surface area (Å²) in [5.74, 6) is 1.19. The maximum atomic E-state index is 12.2. The van der Waals surface area contributed by atoms with Gasteiger partial charge in [0, 0.05) is 18.7 Å². The van der Waals surface area contributed by atoms with Gasteiger partial charge in [-0.05, 0) is 31.2 Å². The van der Waals surface area contributed by atoms with Crippen molar-refractivity contribution < 1.29 is 14.3 Å². The van der Waals surface area contributed by atoms with Crippen LogP contribution < -0.4 is 15.0 Å². The van der Waals surface area contributed by atoms with E-state index >= 15 is 0 Å². The Hall–Kier alpha value is -2.67. The minimum atomic E-state index is -0.208. The van der Waals surface area contributed by atoms with Gasteiger partial charge in [0.15, 0.2) is 0 Å². The van der Waals surface area contributed by atoms with E-state index in [4.69, 9.17) is 9.47 Å². The van der Waals surface area contributed by atoms with E-state index in [0.29, 0.717) is 37.0 Å². The van der Waals surface area contributed by atoms with Gasteiger partial charge in [-0.1, -0.05) is 0 Å². The maximum absolute atomic E-state index is 12.2. The van der Waals surface area contributed by atoms with Gasteiger partial charge in [0.25, 0.3) is 5.91 Å². The lowest BCUT2D eigenvalue weighted by molar-refractivity contribution is 0.102. The SMILES string of the molecule is CCOc1ccc(C(=O)Nc2cnc(N3CCOCC3)nc2)cc1. The fourth-order valence-corrected chi connectivity index (χ4v) is 2.38. The highest BCUT2D eigenvalue weighted by Crippen LogP contribution is 2.15. The first-order valence-electron chi connectivity index (χ1n) is 7.95. The molecule has 3 rings (SSSR count). The second-order valence-electron chi connectivity index (χ2n) is 5.28. The molecule has 1 aliphatic rings. The number of hydrogen-bond acceptors (Lipinski definition) is 6. The van der Waals surface area contributed by atoms with Gasteiger partial charge in [0.05, 0.1) is 37.9 Å². The molecule has 0 bridgehead atoms. The molecule has 24 heavy (non-hydrogen) atoms. The van der Waals surface area contributed by atoms with Crippen molar-refractivity contribution >= 4 is 17.5 Å². The summed E-state index contributed by atoms with van der Waals surface area (Å²) < 4.78 is 10.7. The van der Waals surface area contributed by atoms with Crippen molar-refractivity contribution in [1.82, 2.24) is 9.97 Å². The fraction of sp³-hybridized carbons (Fsp3) is 0.353. The number of nitrogens with zero attached hydrogens (tertiary/aromatic N) is 3. The number of nitrogens with one attached hydrogen (secondary N) is 1. The van der Waals surface area contributed by atoms with Gasteiger partial charge in [-0.15, -0.1) is 0 Å². The summed E-state index contributed by atoms with van der Waals surface area (Å²) in [4.78, 5) is 22.9. The zero-order valence-electron chi connectivity index (χ0n) is 13.6. The Morgan fingerprint density at radius 2 is 1.88 bits per heavy atom. The standard InChI is InChI=1S/C17H20N4O3/c1-2-24-15-5-3-13(4-6-15)16(22)20-14-11-18-17(19-12-14)21-7-9-23-10-8-21/h3-6,11-12H,2,7-10H2,1H3,(H,20,22). The van der Waals surface area contributed by atoms with Crippen LogP contribution in [0.15, 0.2) is 36.7 Å². The third-order valence-electron chi connectivity index (χ3n) is 3.62. The first-order valence-corrected chi connectivity index (χ1v) is 7.95. The molecule has 7 nitrogen and oxygen atoms in total. The van der Waals surface area contributed by atoms with E-state index in [0.717, 1.165) is 18.8 Å². The molecule has 2 aromatic rings. The molecular formula is C17H20N4O3. The van der Waals surface area contributed by atoms with Crippen LogP contribution in [0.3, 0.4) is 0 Å². The Labute approximate surface area is 140 Å². The number of benzene rings is 1. The van der Waals surface area contributed by atoms with Crippen LogP contribution in [0, 0.1) is 0 Å². The molecule has 7 heteroatoms. The van der Waals surface area contributed by atoms with E-state index < -0.39 is 0 Å². The molecule has 0 aliphatic carbocycles. The average Bonchev–Trinajstić information content (AvgIpc) is 2.64. The van der Waals surface area contributed by atoms with Gasteiger partial charge in [0.2, 0.25) is 5.95 Å². The topological polar surface area (TPSA) is 76.6 Å². The molecule has 0 saturated carbocycles.